The topological polar surface area (TPSA) is 53.0 Å². The van der Waals surface area contributed by atoms with Crippen LogP contribution in [0, 0.1) is 5.92 Å². The molecule has 0 saturated carbocycles. The van der Waals surface area contributed by atoms with E-state index in [1.807, 2.05) is 42.2 Å². The monoisotopic (exact) mass is 366 g/mol. The lowest BCUT2D eigenvalue weighted by Gasteiger charge is -2.35. The summed E-state index contributed by atoms with van der Waals surface area (Å²) in [5.74, 6) is 1.05. The molecule has 1 N–H and O–H groups in total. The molecule has 27 heavy (non-hydrogen) atoms. The van der Waals surface area contributed by atoms with Crippen LogP contribution in [-0.4, -0.2) is 54.8 Å². The fourth-order valence-electron chi connectivity index (χ4n) is 4.33. The van der Waals surface area contributed by atoms with E-state index >= 15 is 0 Å². The molecule has 0 aromatic heterocycles. The molecule has 142 valence electrons. The second kappa shape index (κ2) is 7.33. The van der Waals surface area contributed by atoms with Crippen molar-refractivity contribution in [3.05, 3.63) is 48.5 Å². The molecule has 2 aliphatic rings. The van der Waals surface area contributed by atoms with Crippen LogP contribution < -0.4 is 9.64 Å². The Bertz CT molecular complexity index is 824. The van der Waals surface area contributed by atoms with E-state index in [2.05, 4.69) is 23.1 Å². The Morgan fingerprint density at radius 2 is 1.96 bits per heavy atom. The molecule has 2 aliphatic heterocycles. The number of piperazine rings is 1. The lowest BCUT2D eigenvalue weighted by molar-refractivity contribution is -0.122. The highest BCUT2D eigenvalue weighted by Crippen LogP contribution is 2.41. The number of fused-ring (bicyclic) bond motifs is 2. The number of carbonyl (C=O) groups excluding carboxylic acids is 1. The number of aliphatic hydroxyl groups excluding tert-OH is 1. The second-order valence-corrected chi connectivity index (χ2v) is 7.61. The first-order valence-electron chi connectivity index (χ1n) is 9.53. The Morgan fingerprint density at radius 1 is 1.19 bits per heavy atom. The van der Waals surface area contributed by atoms with Gasteiger partial charge in [-0.05, 0) is 35.6 Å². The van der Waals surface area contributed by atoms with Gasteiger partial charge in [-0.3, -0.25) is 9.69 Å². The van der Waals surface area contributed by atoms with Crippen molar-refractivity contribution in [2.45, 2.75) is 25.4 Å². The molecule has 0 aliphatic carbocycles. The maximum Gasteiger partial charge on any atom is 0.244 e. The molecule has 5 heteroatoms. The molecule has 1 amide bonds. The normalized spacial score (nSPS) is 23.1. The van der Waals surface area contributed by atoms with Crippen molar-refractivity contribution in [1.29, 1.82) is 0 Å². The van der Waals surface area contributed by atoms with E-state index in [1.165, 1.54) is 0 Å². The van der Waals surface area contributed by atoms with Crippen LogP contribution in [0.5, 0.6) is 5.75 Å². The molecule has 2 heterocycles. The molecule has 0 unspecified atom stereocenters. The van der Waals surface area contributed by atoms with Crippen LogP contribution in [0.25, 0.3) is 11.1 Å². The molecule has 4 rings (SSSR count). The first kappa shape index (κ1) is 18.0. The number of anilines is 1. The first-order valence-corrected chi connectivity index (χ1v) is 9.53. The number of carbonyl (C=O) groups is 1. The predicted molar refractivity (Wildman–Crippen MR) is 106 cm³/mol. The van der Waals surface area contributed by atoms with Crippen LogP contribution in [0.4, 0.5) is 5.69 Å². The molecule has 2 saturated heterocycles. The van der Waals surface area contributed by atoms with Crippen molar-refractivity contribution in [1.82, 2.24) is 4.90 Å². The molecular weight excluding hydrogens is 340 g/mol. The number of ether oxygens (including phenoxy) is 1. The molecular formula is C22H26N2O3. The first-order chi connectivity index (χ1) is 13.1. The van der Waals surface area contributed by atoms with E-state index in [1.54, 1.807) is 7.11 Å². The number of hydrogen-bond donors (Lipinski definition) is 1. The van der Waals surface area contributed by atoms with Crippen molar-refractivity contribution in [2.75, 3.05) is 31.7 Å². The minimum Gasteiger partial charge on any atom is -0.495 e. The highest BCUT2D eigenvalue weighted by molar-refractivity contribution is 6.03. The fraction of sp³-hybridized carbons (Fsp3) is 0.409. The third kappa shape index (κ3) is 3.22. The van der Waals surface area contributed by atoms with Crippen LogP contribution >= 0.6 is 0 Å². The highest BCUT2D eigenvalue weighted by Gasteiger charge is 2.50. The van der Waals surface area contributed by atoms with Crippen LogP contribution in [0.3, 0.4) is 0 Å². The number of aliphatic hydroxyl groups is 1. The third-order valence-corrected chi connectivity index (χ3v) is 5.67. The van der Waals surface area contributed by atoms with Gasteiger partial charge in [-0.25, -0.2) is 0 Å². The Kier molecular flexibility index (Phi) is 4.89. The van der Waals surface area contributed by atoms with E-state index in [0.29, 0.717) is 0 Å². The van der Waals surface area contributed by atoms with Gasteiger partial charge in [0.1, 0.15) is 5.75 Å². The van der Waals surface area contributed by atoms with Gasteiger partial charge in [-0.1, -0.05) is 43.3 Å². The Hall–Kier alpha value is -2.37. The zero-order chi connectivity index (χ0) is 19.0. The summed E-state index contributed by atoms with van der Waals surface area (Å²) in [6.07, 6.45) is 0.843. The van der Waals surface area contributed by atoms with Crippen molar-refractivity contribution in [2.24, 2.45) is 5.92 Å². The quantitative estimate of drug-likeness (QED) is 0.854. The van der Waals surface area contributed by atoms with Gasteiger partial charge < -0.3 is 14.7 Å². The minimum atomic E-state index is -0.0888. The van der Waals surface area contributed by atoms with Crippen molar-refractivity contribution in [3.63, 3.8) is 0 Å². The predicted octanol–water partition coefficient (Wildman–Crippen LogP) is 2.78. The summed E-state index contributed by atoms with van der Waals surface area (Å²) in [5.41, 5.74) is 3.05. The van der Waals surface area contributed by atoms with Crippen LogP contribution in [0.2, 0.25) is 0 Å². The third-order valence-electron chi connectivity index (χ3n) is 5.67. The van der Waals surface area contributed by atoms with Gasteiger partial charge in [0.25, 0.3) is 0 Å². The largest absolute Gasteiger partial charge is 0.495 e. The van der Waals surface area contributed by atoms with Gasteiger partial charge in [0.15, 0.2) is 0 Å². The highest BCUT2D eigenvalue weighted by atomic mass is 16.5. The number of hydrogen-bond acceptors (Lipinski definition) is 4. The van der Waals surface area contributed by atoms with Crippen molar-refractivity contribution >= 4 is 11.6 Å². The molecule has 3 atom stereocenters. The molecule has 2 fully saturated rings. The number of nitrogens with zero attached hydrogens (tertiary/aromatic N) is 2. The zero-order valence-corrected chi connectivity index (χ0v) is 15.8. The summed E-state index contributed by atoms with van der Waals surface area (Å²) in [6, 6.07) is 16.3. The van der Waals surface area contributed by atoms with Gasteiger partial charge in [0.2, 0.25) is 5.91 Å². The van der Waals surface area contributed by atoms with E-state index < -0.39 is 0 Å². The van der Waals surface area contributed by atoms with Crippen LogP contribution in [0.1, 0.15) is 13.3 Å². The van der Waals surface area contributed by atoms with Gasteiger partial charge >= 0.3 is 0 Å². The molecule has 0 radical (unpaired) electrons. The van der Waals surface area contributed by atoms with Crippen molar-refractivity contribution < 1.29 is 14.6 Å². The lowest BCUT2D eigenvalue weighted by atomic mass is 10.0. The molecule has 5 nitrogen and oxygen atoms in total. The summed E-state index contributed by atoms with van der Waals surface area (Å²) in [5, 5.41) is 9.33. The average Bonchev–Trinajstić information content (AvgIpc) is 3.25. The lowest BCUT2D eigenvalue weighted by Crippen LogP contribution is -2.51. The standard InChI is InChI=1S/C22H26N2O3/c1-15(14-25)12-23-13-18-11-20(23)22(26)24(18)19-10-17(8-9-21(19)27-2)16-6-4-3-5-7-16/h3-10,15,18,20,25H,11-14H2,1-2H3/t15-,18+,20+/m1/s1. The van der Waals surface area contributed by atoms with Gasteiger partial charge in [0, 0.05) is 19.7 Å². The summed E-state index contributed by atoms with van der Waals surface area (Å²) in [4.78, 5) is 17.3. The number of benzene rings is 2. The molecule has 2 bridgehead atoms. The number of amides is 1. The zero-order valence-electron chi connectivity index (χ0n) is 15.8. The van der Waals surface area contributed by atoms with Crippen molar-refractivity contribution in [3.8, 4) is 16.9 Å². The van der Waals surface area contributed by atoms with Gasteiger partial charge in [-0.2, -0.15) is 0 Å². The molecule has 0 spiro atoms. The van der Waals surface area contributed by atoms with E-state index in [0.717, 1.165) is 42.1 Å². The maximum atomic E-state index is 13.1. The van der Waals surface area contributed by atoms with E-state index in [4.69, 9.17) is 4.74 Å². The van der Waals surface area contributed by atoms with E-state index in [-0.39, 0.29) is 30.5 Å². The Morgan fingerprint density at radius 3 is 2.63 bits per heavy atom. The summed E-state index contributed by atoms with van der Waals surface area (Å²) >= 11 is 0. The molecule has 2 aromatic rings. The maximum absolute atomic E-state index is 13.1. The average molecular weight is 366 g/mol. The van der Waals surface area contributed by atoms with E-state index in [9.17, 15) is 9.90 Å². The number of likely N-dealkylation sites (tertiary alicyclic amines) is 1. The van der Waals surface area contributed by atoms with Gasteiger partial charge in [-0.15, -0.1) is 0 Å². The van der Waals surface area contributed by atoms with Crippen LogP contribution in [0.15, 0.2) is 48.5 Å². The fourth-order valence-corrected chi connectivity index (χ4v) is 4.33. The van der Waals surface area contributed by atoms with Gasteiger partial charge in [0.05, 0.1) is 24.9 Å². The summed E-state index contributed by atoms with van der Waals surface area (Å²) in [6.45, 7) is 3.78. The second-order valence-electron chi connectivity index (χ2n) is 7.61. The summed E-state index contributed by atoms with van der Waals surface area (Å²) in [7, 11) is 1.65. The van der Waals surface area contributed by atoms with Crippen LogP contribution in [-0.2, 0) is 4.79 Å². The molecule has 2 aromatic carbocycles. The number of rotatable bonds is 6. The number of methoxy groups -OCH3 is 1. The summed E-state index contributed by atoms with van der Waals surface area (Å²) < 4.78 is 5.57. The SMILES string of the molecule is COc1ccc(-c2ccccc2)cc1N1C(=O)[C@@H]2C[C@H]1CN2C[C@@H](C)CO. The Balaban J connectivity index is 1.63. The minimum absolute atomic E-state index is 0.0888. The smallest absolute Gasteiger partial charge is 0.244 e. The Labute approximate surface area is 160 Å².